The van der Waals surface area contributed by atoms with Crippen molar-refractivity contribution in [2.75, 3.05) is 0 Å². The van der Waals surface area contributed by atoms with E-state index in [0.29, 0.717) is 0 Å². The number of aromatic nitrogens is 4. The minimum Gasteiger partial charge on any atom is -0.264 e. The highest BCUT2D eigenvalue weighted by molar-refractivity contribution is 5.82. The lowest BCUT2D eigenvalue weighted by Crippen LogP contribution is -2.23. The molecule has 0 aliphatic heterocycles. The molecule has 0 saturated heterocycles. The average Bonchev–Trinajstić information content (AvgIpc) is 3.02. The van der Waals surface area contributed by atoms with Gasteiger partial charge in [-0.25, -0.2) is 0 Å². The summed E-state index contributed by atoms with van der Waals surface area (Å²) in [6.45, 7) is 4.38. The first-order valence-corrected chi connectivity index (χ1v) is 13.1. The Balaban J connectivity index is 1.50. The first-order chi connectivity index (χ1) is 19.1. The number of benzene rings is 2. The summed E-state index contributed by atoms with van der Waals surface area (Å²) in [5.41, 5.74) is 9.65. The average molecular weight is 505 g/mol. The zero-order valence-corrected chi connectivity index (χ0v) is 22.0. The Hall–Kier alpha value is -4.96. The van der Waals surface area contributed by atoms with E-state index in [2.05, 4.69) is 84.5 Å². The molecule has 39 heavy (non-hydrogen) atoms. The van der Waals surface area contributed by atoms with Gasteiger partial charge in [-0.1, -0.05) is 84.9 Å². The molecule has 0 unspecified atom stereocenters. The van der Waals surface area contributed by atoms with E-state index in [9.17, 15) is 0 Å². The van der Waals surface area contributed by atoms with Crippen LogP contribution in [0, 0.1) is 0 Å². The minimum atomic E-state index is -0.450. The van der Waals surface area contributed by atoms with E-state index >= 15 is 0 Å². The Kier molecular flexibility index (Phi) is 6.52. The fraction of sp³-hybridized carbons (Fsp3) is 0.0857. The van der Waals surface area contributed by atoms with E-state index in [-0.39, 0.29) is 0 Å². The molecule has 2 aromatic carbocycles. The molecule has 0 aliphatic rings. The molecule has 0 amide bonds. The second-order valence-corrected chi connectivity index (χ2v) is 10.0. The van der Waals surface area contributed by atoms with Gasteiger partial charge in [0.25, 0.3) is 0 Å². The third-order valence-corrected chi connectivity index (χ3v) is 7.11. The summed E-state index contributed by atoms with van der Waals surface area (Å²) in [6, 6.07) is 37.3. The van der Waals surface area contributed by atoms with Gasteiger partial charge in [0.1, 0.15) is 0 Å². The van der Waals surface area contributed by atoms with Gasteiger partial charge in [0, 0.05) is 63.6 Å². The molecule has 6 aromatic rings. The van der Waals surface area contributed by atoms with Gasteiger partial charge in [-0.05, 0) is 38.1 Å². The van der Waals surface area contributed by atoms with Crippen LogP contribution >= 0.6 is 0 Å². The Morgan fingerprint density at radius 1 is 0.436 bits per heavy atom. The number of rotatable bonds is 6. The number of pyridine rings is 4. The van der Waals surface area contributed by atoms with Gasteiger partial charge in [-0.15, -0.1) is 0 Å². The van der Waals surface area contributed by atoms with Crippen molar-refractivity contribution < 1.29 is 0 Å². The second-order valence-electron chi connectivity index (χ2n) is 10.0. The van der Waals surface area contributed by atoms with Crippen LogP contribution in [0.15, 0.2) is 134 Å². The van der Waals surface area contributed by atoms with E-state index in [4.69, 9.17) is 9.97 Å². The number of nitrogens with zero attached hydrogens (tertiary/aromatic N) is 4. The van der Waals surface area contributed by atoms with E-state index in [0.717, 1.165) is 56.2 Å². The molecule has 0 fully saturated rings. The van der Waals surface area contributed by atoms with Crippen LogP contribution in [-0.2, 0) is 5.41 Å². The Morgan fingerprint density at radius 2 is 0.846 bits per heavy atom. The fourth-order valence-electron chi connectivity index (χ4n) is 4.89. The van der Waals surface area contributed by atoms with Gasteiger partial charge in [0.15, 0.2) is 0 Å². The lowest BCUT2D eigenvalue weighted by Gasteiger charge is -2.26. The molecular formula is C35H28N4. The highest BCUT2D eigenvalue weighted by atomic mass is 14.8. The van der Waals surface area contributed by atoms with Crippen molar-refractivity contribution in [3.63, 3.8) is 0 Å². The quantitative estimate of drug-likeness (QED) is 0.229. The molecule has 4 heteroatoms. The number of hydrogen-bond acceptors (Lipinski definition) is 4. The molecule has 0 bridgehead atoms. The molecule has 0 saturated carbocycles. The molecule has 188 valence electrons. The van der Waals surface area contributed by atoms with Crippen LogP contribution in [0.25, 0.3) is 44.8 Å². The van der Waals surface area contributed by atoms with Gasteiger partial charge in [0.05, 0.1) is 22.8 Å². The van der Waals surface area contributed by atoms with Crippen molar-refractivity contribution in [3.05, 3.63) is 145 Å². The Bertz CT molecular complexity index is 1570. The summed E-state index contributed by atoms with van der Waals surface area (Å²) in [6.07, 6.45) is 7.36. The van der Waals surface area contributed by atoms with E-state index in [1.807, 2.05) is 60.9 Å². The third-order valence-electron chi connectivity index (χ3n) is 7.11. The van der Waals surface area contributed by atoms with Crippen LogP contribution < -0.4 is 0 Å². The van der Waals surface area contributed by atoms with E-state index in [1.165, 1.54) is 0 Å². The highest BCUT2D eigenvalue weighted by Crippen LogP contribution is 2.38. The normalized spacial score (nSPS) is 11.3. The van der Waals surface area contributed by atoms with Crippen molar-refractivity contribution in [2.24, 2.45) is 0 Å². The first-order valence-electron chi connectivity index (χ1n) is 13.1. The SMILES string of the molecule is CC(C)(c1ccc(-c2cccnc2)c(-c2ccccc2)n1)c1ccc(-c2cccnc2)c(-c2ccccc2)n1. The summed E-state index contributed by atoms with van der Waals surface area (Å²) >= 11 is 0. The summed E-state index contributed by atoms with van der Waals surface area (Å²) in [4.78, 5) is 19.2. The van der Waals surface area contributed by atoms with Crippen LogP contribution in [-0.4, -0.2) is 19.9 Å². The van der Waals surface area contributed by atoms with Gasteiger partial charge in [-0.2, -0.15) is 0 Å². The van der Waals surface area contributed by atoms with Crippen molar-refractivity contribution in [2.45, 2.75) is 19.3 Å². The van der Waals surface area contributed by atoms with Gasteiger partial charge in [0.2, 0.25) is 0 Å². The summed E-state index contributed by atoms with van der Waals surface area (Å²) < 4.78 is 0. The van der Waals surface area contributed by atoms with Gasteiger partial charge < -0.3 is 0 Å². The van der Waals surface area contributed by atoms with Crippen LogP contribution in [0.3, 0.4) is 0 Å². The fourth-order valence-corrected chi connectivity index (χ4v) is 4.89. The van der Waals surface area contributed by atoms with Crippen LogP contribution in [0.4, 0.5) is 0 Å². The largest absolute Gasteiger partial charge is 0.264 e. The molecule has 0 radical (unpaired) electrons. The predicted octanol–water partition coefficient (Wildman–Crippen LogP) is 8.26. The molecule has 4 nitrogen and oxygen atoms in total. The lowest BCUT2D eigenvalue weighted by molar-refractivity contribution is 0.597. The maximum Gasteiger partial charge on any atom is 0.0784 e. The zero-order chi connectivity index (χ0) is 26.7. The van der Waals surface area contributed by atoms with E-state index in [1.54, 1.807) is 12.4 Å². The molecule has 0 N–H and O–H groups in total. The summed E-state index contributed by atoms with van der Waals surface area (Å²) in [5, 5.41) is 0. The van der Waals surface area contributed by atoms with Crippen molar-refractivity contribution in [3.8, 4) is 44.8 Å². The Labute approximate surface area is 229 Å². The minimum absolute atomic E-state index is 0.450. The maximum atomic E-state index is 5.27. The van der Waals surface area contributed by atoms with Gasteiger partial charge in [-0.3, -0.25) is 19.9 Å². The predicted molar refractivity (Wildman–Crippen MR) is 158 cm³/mol. The van der Waals surface area contributed by atoms with Crippen molar-refractivity contribution >= 4 is 0 Å². The monoisotopic (exact) mass is 504 g/mol. The topological polar surface area (TPSA) is 51.6 Å². The molecule has 4 heterocycles. The molecule has 6 rings (SSSR count). The zero-order valence-electron chi connectivity index (χ0n) is 22.0. The number of hydrogen-bond donors (Lipinski definition) is 0. The maximum absolute atomic E-state index is 5.27. The molecule has 0 spiro atoms. The lowest BCUT2D eigenvalue weighted by atomic mass is 9.83. The summed E-state index contributed by atoms with van der Waals surface area (Å²) in [7, 11) is 0. The van der Waals surface area contributed by atoms with E-state index < -0.39 is 5.41 Å². The first kappa shape index (κ1) is 24.4. The van der Waals surface area contributed by atoms with Crippen molar-refractivity contribution in [1.82, 2.24) is 19.9 Å². The van der Waals surface area contributed by atoms with Crippen molar-refractivity contribution in [1.29, 1.82) is 0 Å². The molecule has 0 aliphatic carbocycles. The second kappa shape index (κ2) is 10.4. The van der Waals surface area contributed by atoms with Gasteiger partial charge >= 0.3 is 0 Å². The standard InChI is InChI=1S/C35H28N4/c1-35(2,31-19-17-29(27-15-9-21-36-23-27)33(38-31)25-11-5-3-6-12-25)32-20-18-30(28-16-10-22-37-24-28)34(39-32)26-13-7-4-8-14-26/h3-24H,1-2H3. The van der Waals surface area contributed by atoms with Crippen LogP contribution in [0.2, 0.25) is 0 Å². The smallest absolute Gasteiger partial charge is 0.0784 e. The molecule has 4 aromatic heterocycles. The molecule has 0 atom stereocenters. The van der Waals surface area contributed by atoms with Crippen LogP contribution in [0.1, 0.15) is 25.2 Å². The highest BCUT2D eigenvalue weighted by Gasteiger charge is 2.29. The third kappa shape index (κ3) is 4.85. The summed E-state index contributed by atoms with van der Waals surface area (Å²) in [5.74, 6) is 0. The molecular weight excluding hydrogens is 476 g/mol. The Morgan fingerprint density at radius 3 is 1.23 bits per heavy atom. The van der Waals surface area contributed by atoms with Crippen LogP contribution in [0.5, 0.6) is 0 Å².